The average Bonchev–Trinajstić information content (AvgIpc) is 3.06. The van der Waals surface area contributed by atoms with Gasteiger partial charge in [-0.15, -0.1) is 0 Å². The molecule has 2 aromatic carbocycles. The van der Waals surface area contributed by atoms with Crippen LogP contribution in [0.4, 0.5) is 11.4 Å². The molecular formula is C28H36N4O2. The minimum Gasteiger partial charge on any atom is -0.326 e. The molecule has 0 aliphatic heterocycles. The van der Waals surface area contributed by atoms with E-state index < -0.39 is 0 Å². The van der Waals surface area contributed by atoms with Crippen molar-refractivity contribution in [2.45, 2.75) is 60.4 Å². The van der Waals surface area contributed by atoms with Crippen LogP contribution in [0.1, 0.15) is 49.7 Å². The van der Waals surface area contributed by atoms with Gasteiger partial charge in [0.05, 0.1) is 12.1 Å². The van der Waals surface area contributed by atoms with Gasteiger partial charge in [0.2, 0.25) is 11.8 Å². The van der Waals surface area contributed by atoms with Crippen molar-refractivity contribution in [3.05, 3.63) is 77.1 Å². The third-order valence-corrected chi connectivity index (χ3v) is 5.95. The van der Waals surface area contributed by atoms with Crippen molar-refractivity contribution >= 4 is 23.2 Å². The Balaban J connectivity index is 1.54. The Morgan fingerprint density at radius 1 is 1.03 bits per heavy atom. The van der Waals surface area contributed by atoms with E-state index in [-0.39, 0.29) is 11.8 Å². The maximum atomic E-state index is 12.8. The Morgan fingerprint density at radius 2 is 1.71 bits per heavy atom. The number of carbonyl (C=O) groups excluding carboxylic acids is 2. The first kappa shape index (κ1) is 25.2. The second kappa shape index (κ2) is 11.6. The van der Waals surface area contributed by atoms with Crippen LogP contribution in [0.25, 0.3) is 0 Å². The molecule has 0 saturated heterocycles. The lowest BCUT2D eigenvalue weighted by Gasteiger charge is -2.21. The van der Waals surface area contributed by atoms with Crippen molar-refractivity contribution in [2.75, 3.05) is 16.8 Å². The van der Waals surface area contributed by atoms with Crippen LogP contribution >= 0.6 is 0 Å². The number of anilines is 2. The van der Waals surface area contributed by atoms with Gasteiger partial charge in [0.25, 0.3) is 0 Å². The van der Waals surface area contributed by atoms with E-state index in [2.05, 4.69) is 31.2 Å². The highest BCUT2D eigenvalue weighted by molar-refractivity contribution is 5.95. The Kier molecular flexibility index (Phi) is 8.63. The highest BCUT2D eigenvalue weighted by atomic mass is 16.2. The fourth-order valence-electron chi connectivity index (χ4n) is 4.17. The number of nitrogens with zero attached hydrogens (tertiary/aromatic N) is 3. The van der Waals surface area contributed by atoms with Gasteiger partial charge in [-0.25, -0.2) is 0 Å². The van der Waals surface area contributed by atoms with Gasteiger partial charge < -0.3 is 10.2 Å². The summed E-state index contributed by atoms with van der Waals surface area (Å²) in [6, 6.07) is 17.2. The number of aryl methyl sites for hydroxylation is 1. The highest BCUT2D eigenvalue weighted by Gasteiger charge is 2.15. The Morgan fingerprint density at radius 3 is 2.32 bits per heavy atom. The van der Waals surface area contributed by atoms with Crippen LogP contribution in [-0.2, 0) is 29.0 Å². The van der Waals surface area contributed by atoms with Crippen molar-refractivity contribution < 1.29 is 9.59 Å². The summed E-state index contributed by atoms with van der Waals surface area (Å²) in [4.78, 5) is 27.1. The predicted octanol–water partition coefficient (Wildman–Crippen LogP) is 5.32. The summed E-state index contributed by atoms with van der Waals surface area (Å²) in [6.07, 6.45) is 1.38. The molecule has 0 aliphatic carbocycles. The number of rotatable bonds is 10. The molecule has 3 aromatic rings. The van der Waals surface area contributed by atoms with Crippen molar-refractivity contribution in [1.82, 2.24) is 9.78 Å². The molecular weight excluding hydrogens is 424 g/mol. The third-order valence-electron chi connectivity index (χ3n) is 5.95. The lowest BCUT2D eigenvalue weighted by atomic mass is 10.1. The van der Waals surface area contributed by atoms with Crippen LogP contribution in [0.3, 0.4) is 0 Å². The summed E-state index contributed by atoms with van der Waals surface area (Å²) in [7, 11) is 0. The van der Waals surface area contributed by atoms with E-state index in [9.17, 15) is 9.59 Å². The number of para-hydroxylation sites is 1. The fraction of sp³-hybridized carbons (Fsp3) is 0.393. The molecule has 180 valence electrons. The number of hydrogen-bond acceptors (Lipinski definition) is 3. The molecule has 0 atom stereocenters. The lowest BCUT2D eigenvalue weighted by Crippen LogP contribution is -2.31. The molecule has 6 nitrogen and oxygen atoms in total. The van der Waals surface area contributed by atoms with E-state index in [0.717, 1.165) is 40.4 Å². The van der Waals surface area contributed by atoms with Gasteiger partial charge in [0, 0.05) is 36.6 Å². The second-order valence-corrected chi connectivity index (χ2v) is 9.12. The van der Waals surface area contributed by atoms with E-state index in [1.807, 2.05) is 73.1 Å². The molecule has 0 radical (unpaired) electrons. The Hall–Kier alpha value is -3.41. The first-order valence-electron chi connectivity index (χ1n) is 12.1. The number of likely N-dealkylation sites (N-methyl/N-ethyl adjacent to an activating group) is 1. The maximum absolute atomic E-state index is 12.8. The number of carbonyl (C=O) groups is 2. The van der Waals surface area contributed by atoms with Crippen molar-refractivity contribution in [1.29, 1.82) is 0 Å². The third kappa shape index (κ3) is 6.56. The largest absolute Gasteiger partial charge is 0.326 e. The minimum atomic E-state index is -0.0273. The topological polar surface area (TPSA) is 67.2 Å². The van der Waals surface area contributed by atoms with E-state index >= 15 is 0 Å². The van der Waals surface area contributed by atoms with Gasteiger partial charge >= 0.3 is 0 Å². The number of amides is 2. The highest BCUT2D eigenvalue weighted by Crippen LogP contribution is 2.19. The molecule has 0 saturated carbocycles. The van der Waals surface area contributed by atoms with Crippen LogP contribution in [0.2, 0.25) is 0 Å². The average molecular weight is 461 g/mol. The number of benzene rings is 2. The minimum absolute atomic E-state index is 0.0273. The van der Waals surface area contributed by atoms with E-state index in [1.165, 1.54) is 0 Å². The predicted molar refractivity (Wildman–Crippen MR) is 138 cm³/mol. The number of hydrogen-bond donors (Lipinski definition) is 1. The summed E-state index contributed by atoms with van der Waals surface area (Å²) in [5, 5.41) is 7.61. The van der Waals surface area contributed by atoms with Gasteiger partial charge in [0.15, 0.2) is 0 Å². The SMILES string of the molecule is CCN(C(=O)Cc1ccc(NC(=O)CCc2c(C)nn(CC(C)C)c2C)cc1)c1ccccc1. The van der Waals surface area contributed by atoms with Crippen LogP contribution in [0, 0.1) is 19.8 Å². The first-order valence-corrected chi connectivity index (χ1v) is 12.1. The summed E-state index contributed by atoms with van der Waals surface area (Å²) in [5.74, 6) is 0.547. The quantitative estimate of drug-likeness (QED) is 0.445. The molecule has 0 aliphatic rings. The van der Waals surface area contributed by atoms with Gasteiger partial charge in [-0.1, -0.05) is 44.2 Å². The van der Waals surface area contributed by atoms with E-state index in [1.54, 1.807) is 4.90 Å². The Bertz CT molecular complexity index is 1100. The normalized spacial score (nSPS) is 11.0. The summed E-state index contributed by atoms with van der Waals surface area (Å²) in [6.45, 7) is 11.9. The molecule has 0 unspecified atom stereocenters. The molecule has 0 bridgehead atoms. The first-order chi connectivity index (χ1) is 16.3. The van der Waals surface area contributed by atoms with Gasteiger partial charge in [-0.3, -0.25) is 14.3 Å². The molecule has 0 spiro atoms. The molecule has 6 heteroatoms. The fourth-order valence-corrected chi connectivity index (χ4v) is 4.17. The molecule has 3 rings (SSSR count). The molecule has 0 fully saturated rings. The maximum Gasteiger partial charge on any atom is 0.231 e. The Labute approximate surface area is 203 Å². The van der Waals surface area contributed by atoms with Crippen LogP contribution in [0.5, 0.6) is 0 Å². The van der Waals surface area contributed by atoms with Crippen LogP contribution < -0.4 is 10.2 Å². The number of aromatic nitrogens is 2. The van der Waals surface area contributed by atoms with Crippen molar-refractivity contribution in [2.24, 2.45) is 5.92 Å². The van der Waals surface area contributed by atoms with Crippen molar-refractivity contribution in [3.63, 3.8) is 0 Å². The van der Waals surface area contributed by atoms with Gasteiger partial charge in [-0.2, -0.15) is 5.10 Å². The molecule has 1 aromatic heterocycles. The standard InChI is InChI=1S/C28H36N4O2/c1-6-31(25-10-8-7-9-11-25)28(34)18-23-12-14-24(15-13-23)29-27(33)17-16-26-21(4)30-32(22(26)5)19-20(2)3/h7-15,20H,6,16-19H2,1-5H3,(H,29,33). The van der Waals surface area contributed by atoms with Crippen LogP contribution in [-0.4, -0.2) is 28.1 Å². The van der Waals surface area contributed by atoms with Gasteiger partial charge in [0.1, 0.15) is 0 Å². The summed E-state index contributed by atoms with van der Waals surface area (Å²) < 4.78 is 2.05. The monoisotopic (exact) mass is 460 g/mol. The number of nitrogens with one attached hydrogen (secondary N) is 1. The zero-order valence-corrected chi connectivity index (χ0v) is 21.0. The summed E-state index contributed by atoms with van der Waals surface area (Å²) in [5.41, 5.74) is 5.85. The molecule has 1 heterocycles. The molecule has 34 heavy (non-hydrogen) atoms. The zero-order valence-electron chi connectivity index (χ0n) is 21.0. The lowest BCUT2D eigenvalue weighted by molar-refractivity contribution is -0.118. The van der Waals surface area contributed by atoms with E-state index in [4.69, 9.17) is 0 Å². The molecule has 1 N–H and O–H groups in total. The second-order valence-electron chi connectivity index (χ2n) is 9.12. The summed E-state index contributed by atoms with van der Waals surface area (Å²) >= 11 is 0. The zero-order chi connectivity index (χ0) is 24.7. The smallest absolute Gasteiger partial charge is 0.231 e. The molecule has 2 amide bonds. The van der Waals surface area contributed by atoms with Gasteiger partial charge in [-0.05, 0) is 68.5 Å². The van der Waals surface area contributed by atoms with E-state index in [0.29, 0.717) is 31.7 Å². The van der Waals surface area contributed by atoms with Crippen LogP contribution in [0.15, 0.2) is 54.6 Å². The van der Waals surface area contributed by atoms with Crippen molar-refractivity contribution in [3.8, 4) is 0 Å².